The predicted molar refractivity (Wildman–Crippen MR) is 94.7 cm³/mol. The van der Waals surface area contributed by atoms with Gasteiger partial charge >= 0.3 is 0 Å². The first-order chi connectivity index (χ1) is 12.2. The van der Waals surface area contributed by atoms with Gasteiger partial charge in [-0.1, -0.05) is 12.1 Å². The second-order valence-corrected chi connectivity index (χ2v) is 6.60. The van der Waals surface area contributed by atoms with Gasteiger partial charge in [0.05, 0.1) is 12.8 Å². The third-order valence-corrected chi connectivity index (χ3v) is 5.08. The molecule has 1 aromatic heterocycles. The molecule has 7 heteroatoms. The Hall–Kier alpha value is -2.38. The Balaban J connectivity index is 1.39. The number of carbonyl (C=O) groups is 1. The third kappa shape index (κ3) is 3.38. The summed E-state index contributed by atoms with van der Waals surface area (Å²) in [5.74, 6) is 0.655. The second-order valence-electron chi connectivity index (χ2n) is 6.60. The number of fused-ring (bicyclic) bond motifs is 3. The van der Waals surface area contributed by atoms with Gasteiger partial charge in [0, 0.05) is 50.9 Å². The maximum Gasteiger partial charge on any atom is 0.269 e. The molecule has 3 aliphatic heterocycles. The predicted octanol–water partition coefficient (Wildman–Crippen LogP) is 0.815. The van der Waals surface area contributed by atoms with Crippen molar-refractivity contribution in [3.63, 3.8) is 0 Å². The van der Waals surface area contributed by atoms with Crippen molar-refractivity contribution in [1.82, 2.24) is 25.3 Å². The van der Waals surface area contributed by atoms with E-state index >= 15 is 0 Å². The van der Waals surface area contributed by atoms with E-state index < -0.39 is 0 Å². The average Bonchev–Trinajstić information content (AvgIpc) is 3.17. The van der Waals surface area contributed by atoms with Crippen molar-refractivity contribution in [2.45, 2.75) is 6.04 Å². The van der Waals surface area contributed by atoms with E-state index in [-0.39, 0.29) is 5.91 Å². The molecule has 0 aliphatic carbocycles. The molecule has 132 valence electrons. The van der Waals surface area contributed by atoms with Gasteiger partial charge in [0.15, 0.2) is 0 Å². The van der Waals surface area contributed by atoms with Crippen LogP contribution in [0.1, 0.15) is 10.5 Å². The molecule has 25 heavy (non-hydrogen) atoms. The molecule has 0 spiro atoms. The van der Waals surface area contributed by atoms with Crippen molar-refractivity contribution in [2.24, 2.45) is 0 Å². The number of nitrogens with zero attached hydrogens (tertiary/aromatic N) is 3. The molecule has 1 aromatic carbocycles. The van der Waals surface area contributed by atoms with Crippen LogP contribution in [-0.4, -0.2) is 78.3 Å². The SMILES string of the molecule is COc1cccc(-c2cc(C(=O)NCC3CN4CCN3CC4)[nH]n2)c1. The summed E-state index contributed by atoms with van der Waals surface area (Å²) in [6, 6.07) is 9.82. The summed E-state index contributed by atoms with van der Waals surface area (Å²) in [7, 11) is 1.63. The second kappa shape index (κ2) is 6.85. The maximum atomic E-state index is 12.4. The van der Waals surface area contributed by atoms with Gasteiger partial charge in [0.25, 0.3) is 5.91 Å². The van der Waals surface area contributed by atoms with Crippen LogP contribution in [0.2, 0.25) is 0 Å². The van der Waals surface area contributed by atoms with Crippen LogP contribution in [0.15, 0.2) is 30.3 Å². The highest BCUT2D eigenvalue weighted by Gasteiger charge is 2.31. The molecule has 2 aromatic rings. The van der Waals surface area contributed by atoms with Crippen LogP contribution in [0, 0.1) is 0 Å². The summed E-state index contributed by atoms with van der Waals surface area (Å²) in [4.78, 5) is 17.4. The fourth-order valence-electron chi connectivity index (χ4n) is 3.59. The summed E-state index contributed by atoms with van der Waals surface area (Å²) >= 11 is 0. The number of hydrogen-bond donors (Lipinski definition) is 2. The van der Waals surface area contributed by atoms with Gasteiger partial charge in [-0.05, 0) is 18.2 Å². The zero-order chi connectivity index (χ0) is 17.2. The summed E-state index contributed by atoms with van der Waals surface area (Å²) < 4.78 is 5.23. The van der Waals surface area contributed by atoms with Crippen LogP contribution in [-0.2, 0) is 0 Å². The Morgan fingerprint density at radius 1 is 1.32 bits per heavy atom. The van der Waals surface area contributed by atoms with Gasteiger partial charge in [0.2, 0.25) is 0 Å². The van der Waals surface area contributed by atoms with Gasteiger partial charge in [-0.15, -0.1) is 0 Å². The third-order valence-electron chi connectivity index (χ3n) is 5.08. The minimum absolute atomic E-state index is 0.112. The van der Waals surface area contributed by atoms with Crippen molar-refractivity contribution in [3.8, 4) is 17.0 Å². The number of piperazine rings is 3. The fourth-order valence-corrected chi connectivity index (χ4v) is 3.59. The van der Waals surface area contributed by atoms with Gasteiger partial charge in [-0.3, -0.25) is 19.7 Å². The first-order valence-corrected chi connectivity index (χ1v) is 8.67. The van der Waals surface area contributed by atoms with E-state index in [1.165, 1.54) is 0 Å². The van der Waals surface area contributed by atoms with E-state index in [1.807, 2.05) is 24.3 Å². The Bertz CT molecular complexity index is 751. The highest BCUT2D eigenvalue weighted by atomic mass is 16.5. The number of carbonyl (C=O) groups excluding carboxylic acids is 1. The zero-order valence-electron chi connectivity index (χ0n) is 14.4. The topological polar surface area (TPSA) is 73.5 Å². The number of H-pyrrole nitrogens is 1. The normalized spacial score (nSPS) is 24.9. The standard InChI is InChI=1S/C18H23N5O2/c1-25-15-4-2-3-13(9-15)16-10-17(21-20-16)18(24)19-11-14-12-22-5-7-23(14)8-6-22/h2-4,9-10,14H,5-8,11-12H2,1H3,(H,19,24)(H,20,21). The van der Waals surface area contributed by atoms with Crippen molar-refractivity contribution >= 4 is 5.91 Å². The molecule has 1 amide bonds. The Kier molecular flexibility index (Phi) is 4.42. The lowest BCUT2D eigenvalue weighted by atomic mass is 10.1. The van der Waals surface area contributed by atoms with Crippen LogP contribution in [0.3, 0.4) is 0 Å². The molecule has 2 N–H and O–H groups in total. The van der Waals surface area contributed by atoms with Gasteiger partial charge in [-0.2, -0.15) is 5.10 Å². The van der Waals surface area contributed by atoms with E-state index in [4.69, 9.17) is 4.74 Å². The number of benzene rings is 1. The Morgan fingerprint density at radius 2 is 2.16 bits per heavy atom. The molecule has 0 radical (unpaired) electrons. The number of methoxy groups -OCH3 is 1. The van der Waals surface area contributed by atoms with Crippen LogP contribution >= 0.6 is 0 Å². The molecule has 7 nitrogen and oxygen atoms in total. The minimum Gasteiger partial charge on any atom is -0.497 e. The molecular weight excluding hydrogens is 318 g/mol. The number of amides is 1. The highest BCUT2D eigenvalue weighted by molar-refractivity contribution is 5.93. The first-order valence-electron chi connectivity index (χ1n) is 8.67. The summed E-state index contributed by atoms with van der Waals surface area (Å²) in [6.07, 6.45) is 0. The Morgan fingerprint density at radius 3 is 2.88 bits per heavy atom. The lowest BCUT2D eigenvalue weighted by Gasteiger charge is -2.47. The molecule has 2 bridgehead atoms. The van der Waals surface area contributed by atoms with Crippen LogP contribution < -0.4 is 10.1 Å². The lowest BCUT2D eigenvalue weighted by Crippen LogP contribution is -2.63. The first kappa shape index (κ1) is 16.1. The largest absolute Gasteiger partial charge is 0.497 e. The molecule has 3 saturated heterocycles. The number of aromatic nitrogens is 2. The summed E-state index contributed by atoms with van der Waals surface area (Å²) in [5, 5.41) is 10.1. The van der Waals surface area contributed by atoms with E-state index in [9.17, 15) is 4.79 Å². The smallest absolute Gasteiger partial charge is 0.269 e. The quantitative estimate of drug-likeness (QED) is 0.842. The summed E-state index contributed by atoms with van der Waals surface area (Å²) in [6.45, 7) is 6.21. The molecule has 4 heterocycles. The minimum atomic E-state index is -0.112. The zero-order valence-corrected chi connectivity index (χ0v) is 14.4. The molecule has 1 unspecified atom stereocenters. The number of rotatable bonds is 5. The van der Waals surface area contributed by atoms with Crippen molar-refractivity contribution in [1.29, 1.82) is 0 Å². The average molecular weight is 341 g/mol. The van der Waals surface area contributed by atoms with Crippen LogP contribution in [0.25, 0.3) is 11.3 Å². The maximum absolute atomic E-state index is 12.4. The lowest BCUT2D eigenvalue weighted by molar-refractivity contribution is 0.0138. The van der Waals surface area contributed by atoms with E-state index in [0.717, 1.165) is 49.7 Å². The van der Waals surface area contributed by atoms with Gasteiger partial charge < -0.3 is 10.1 Å². The molecule has 0 saturated carbocycles. The van der Waals surface area contributed by atoms with Crippen molar-refractivity contribution in [2.75, 3.05) is 46.4 Å². The van der Waals surface area contributed by atoms with Crippen LogP contribution in [0.4, 0.5) is 0 Å². The van der Waals surface area contributed by atoms with Crippen molar-refractivity contribution < 1.29 is 9.53 Å². The monoisotopic (exact) mass is 341 g/mol. The van der Waals surface area contributed by atoms with Gasteiger partial charge in [0.1, 0.15) is 11.4 Å². The number of hydrogen-bond acceptors (Lipinski definition) is 5. The number of nitrogens with one attached hydrogen (secondary N) is 2. The molecule has 1 atom stereocenters. The van der Waals surface area contributed by atoms with Crippen LogP contribution in [0.5, 0.6) is 5.75 Å². The number of aromatic amines is 1. The van der Waals surface area contributed by atoms with Crippen molar-refractivity contribution in [3.05, 3.63) is 36.0 Å². The van der Waals surface area contributed by atoms with E-state index in [2.05, 4.69) is 25.3 Å². The van der Waals surface area contributed by atoms with Gasteiger partial charge in [-0.25, -0.2) is 0 Å². The van der Waals surface area contributed by atoms with E-state index in [1.54, 1.807) is 13.2 Å². The highest BCUT2D eigenvalue weighted by Crippen LogP contribution is 2.22. The fraction of sp³-hybridized carbons (Fsp3) is 0.444. The number of ether oxygens (including phenoxy) is 1. The Labute approximate surface area is 147 Å². The molecule has 3 aliphatic rings. The summed E-state index contributed by atoms with van der Waals surface area (Å²) in [5.41, 5.74) is 2.13. The van der Waals surface area contributed by atoms with E-state index in [0.29, 0.717) is 18.3 Å². The molecule has 5 rings (SSSR count). The molecular formula is C18H23N5O2. The molecule has 3 fully saturated rings.